The zero-order valence-corrected chi connectivity index (χ0v) is 9.36. The van der Waals surface area contributed by atoms with Crippen LogP contribution >= 0.6 is 23.1 Å². The SMILES string of the molecule is COC(=O)C1(c2cccs2)CC=CS1. The van der Waals surface area contributed by atoms with Gasteiger partial charge in [0, 0.05) is 4.88 Å². The molecule has 0 amide bonds. The normalized spacial score (nSPS) is 25.2. The summed E-state index contributed by atoms with van der Waals surface area (Å²) in [5, 5.41) is 3.95. The van der Waals surface area contributed by atoms with Gasteiger partial charge in [0.25, 0.3) is 0 Å². The second kappa shape index (κ2) is 3.79. The van der Waals surface area contributed by atoms with Crippen molar-refractivity contribution in [3.8, 4) is 0 Å². The van der Waals surface area contributed by atoms with E-state index in [0.717, 1.165) is 11.3 Å². The number of carbonyl (C=O) groups is 1. The van der Waals surface area contributed by atoms with E-state index in [9.17, 15) is 4.79 Å². The van der Waals surface area contributed by atoms with Crippen molar-refractivity contribution in [1.29, 1.82) is 0 Å². The predicted octanol–water partition coefficient (Wildman–Crippen LogP) is 2.77. The van der Waals surface area contributed by atoms with Gasteiger partial charge in [0.05, 0.1) is 7.11 Å². The molecule has 0 saturated heterocycles. The van der Waals surface area contributed by atoms with E-state index in [-0.39, 0.29) is 5.97 Å². The Labute approximate surface area is 91.0 Å². The molecule has 0 bridgehead atoms. The molecule has 1 aromatic rings. The van der Waals surface area contributed by atoms with Gasteiger partial charge in [0.2, 0.25) is 0 Å². The van der Waals surface area contributed by atoms with Crippen LogP contribution in [0.3, 0.4) is 0 Å². The quantitative estimate of drug-likeness (QED) is 0.725. The van der Waals surface area contributed by atoms with Crippen LogP contribution in [0.2, 0.25) is 0 Å². The van der Waals surface area contributed by atoms with Crippen molar-refractivity contribution in [3.63, 3.8) is 0 Å². The van der Waals surface area contributed by atoms with Gasteiger partial charge in [-0.25, -0.2) is 0 Å². The molecule has 1 aliphatic heterocycles. The third kappa shape index (κ3) is 1.38. The highest BCUT2D eigenvalue weighted by atomic mass is 32.2. The Kier molecular flexibility index (Phi) is 2.65. The molecule has 4 heteroatoms. The maximum atomic E-state index is 11.8. The molecule has 0 fully saturated rings. The minimum absolute atomic E-state index is 0.157. The van der Waals surface area contributed by atoms with E-state index in [0.29, 0.717) is 0 Å². The molecule has 0 aromatic carbocycles. The van der Waals surface area contributed by atoms with E-state index in [4.69, 9.17) is 4.74 Å². The van der Waals surface area contributed by atoms with Crippen molar-refractivity contribution in [2.45, 2.75) is 11.2 Å². The number of hydrogen-bond donors (Lipinski definition) is 0. The van der Waals surface area contributed by atoms with E-state index < -0.39 is 4.75 Å². The lowest BCUT2D eigenvalue weighted by Crippen LogP contribution is -2.30. The Morgan fingerprint density at radius 3 is 3.00 bits per heavy atom. The Hall–Kier alpha value is -0.740. The largest absolute Gasteiger partial charge is 0.468 e. The molecule has 0 spiro atoms. The summed E-state index contributed by atoms with van der Waals surface area (Å²) in [5.41, 5.74) is 0. The Balaban J connectivity index is 2.37. The van der Waals surface area contributed by atoms with E-state index in [1.54, 1.807) is 11.3 Å². The maximum Gasteiger partial charge on any atom is 0.328 e. The molecular formula is C10H10O2S2. The lowest BCUT2D eigenvalue weighted by Gasteiger charge is -2.23. The van der Waals surface area contributed by atoms with Crippen LogP contribution in [0, 0.1) is 0 Å². The van der Waals surface area contributed by atoms with Crippen LogP contribution in [-0.2, 0) is 14.3 Å². The van der Waals surface area contributed by atoms with Gasteiger partial charge in [-0.05, 0) is 23.3 Å². The molecule has 0 saturated carbocycles. The molecule has 0 radical (unpaired) electrons. The number of methoxy groups -OCH3 is 1. The number of rotatable bonds is 2. The van der Waals surface area contributed by atoms with Crippen molar-refractivity contribution < 1.29 is 9.53 Å². The van der Waals surface area contributed by atoms with Crippen LogP contribution in [0.25, 0.3) is 0 Å². The molecule has 2 nitrogen and oxygen atoms in total. The van der Waals surface area contributed by atoms with Crippen molar-refractivity contribution in [3.05, 3.63) is 33.9 Å². The smallest absolute Gasteiger partial charge is 0.328 e. The molecular weight excluding hydrogens is 216 g/mol. The summed E-state index contributed by atoms with van der Waals surface area (Å²) in [7, 11) is 1.44. The second-order valence-electron chi connectivity index (χ2n) is 2.99. The van der Waals surface area contributed by atoms with Gasteiger partial charge in [-0.1, -0.05) is 12.1 Å². The summed E-state index contributed by atoms with van der Waals surface area (Å²) >= 11 is 3.14. The van der Waals surface area contributed by atoms with Crippen molar-refractivity contribution in [1.82, 2.24) is 0 Å². The fourth-order valence-electron chi connectivity index (χ4n) is 1.49. The number of esters is 1. The third-order valence-electron chi connectivity index (χ3n) is 2.21. The first-order valence-electron chi connectivity index (χ1n) is 4.25. The fourth-order valence-corrected chi connectivity index (χ4v) is 3.58. The Bertz CT molecular complexity index is 346. The molecule has 2 rings (SSSR count). The topological polar surface area (TPSA) is 26.3 Å². The van der Waals surface area contributed by atoms with E-state index >= 15 is 0 Å². The van der Waals surface area contributed by atoms with Crippen LogP contribution in [0.15, 0.2) is 29.0 Å². The number of ether oxygens (including phenoxy) is 1. The summed E-state index contributed by atoms with van der Waals surface area (Å²) in [6, 6.07) is 3.95. The second-order valence-corrected chi connectivity index (χ2v) is 5.14. The molecule has 1 aliphatic rings. The number of thiophene rings is 1. The maximum absolute atomic E-state index is 11.8. The van der Waals surface area contributed by atoms with Crippen molar-refractivity contribution in [2.24, 2.45) is 0 Å². The predicted molar refractivity (Wildman–Crippen MR) is 59.4 cm³/mol. The minimum atomic E-state index is -0.511. The van der Waals surface area contributed by atoms with Crippen molar-refractivity contribution in [2.75, 3.05) is 7.11 Å². The van der Waals surface area contributed by atoms with Crippen molar-refractivity contribution >= 4 is 29.1 Å². The van der Waals surface area contributed by atoms with Crippen LogP contribution in [0.4, 0.5) is 0 Å². The van der Waals surface area contributed by atoms with Gasteiger partial charge >= 0.3 is 5.97 Å². The van der Waals surface area contributed by atoms with Gasteiger partial charge in [0.15, 0.2) is 4.75 Å². The molecule has 0 N–H and O–H groups in total. The Morgan fingerprint density at radius 1 is 1.64 bits per heavy atom. The molecule has 1 aromatic heterocycles. The highest BCUT2D eigenvalue weighted by molar-refractivity contribution is 8.04. The van der Waals surface area contributed by atoms with Gasteiger partial charge in [0.1, 0.15) is 0 Å². The first-order chi connectivity index (χ1) is 6.79. The summed E-state index contributed by atoms with van der Waals surface area (Å²) < 4.78 is 4.36. The first-order valence-corrected chi connectivity index (χ1v) is 6.01. The van der Waals surface area contributed by atoms with E-state index in [2.05, 4.69) is 0 Å². The molecule has 74 valence electrons. The number of allylic oxidation sites excluding steroid dienone is 1. The van der Waals surface area contributed by atoms with Crippen LogP contribution in [-0.4, -0.2) is 13.1 Å². The van der Waals surface area contributed by atoms with Gasteiger partial charge < -0.3 is 4.74 Å². The summed E-state index contributed by atoms with van der Waals surface area (Å²) in [5.74, 6) is -0.157. The number of carbonyl (C=O) groups excluding carboxylic acids is 1. The van der Waals surface area contributed by atoms with Crippen LogP contribution in [0.1, 0.15) is 11.3 Å². The van der Waals surface area contributed by atoms with Gasteiger partial charge in [-0.15, -0.1) is 23.1 Å². The molecule has 1 unspecified atom stereocenters. The lowest BCUT2D eigenvalue weighted by atomic mass is 10.0. The average molecular weight is 226 g/mol. The van der Waals surface area contributed by atoms with Crippen LogP contribution in [0.5, 0.6) is 0 Å². The first kappa shape index (κ1) is 9.80. The third-order valence-corrected chi connectivity index (χ3v) is 4.65. The zero-order valence-electron chi connectivity index (χ0n) is 7.73. The number of hydrogen-bond acceptors (Lipinski definition) is 4. The van der Waals surface area contributed by atoms with E-state index in [1.165, 1.54) is 18.9 Å². The Morgan fingerprint density at radius 2 is 2.50 bits per heavy atom. The summed E-state index contributed by atoms with van der Waals surface area (Å²) in [4.78, 5) is 12.8. The minimum Gasteiger partial charge on any atom is -0.468 e. The summed E-state index contributed by atoms with van der Waals surface area (Å²) in [6.07, 6.45) is 2.74. The highest BCUT2D eigenvalue weighted by Crippen LogP contribution is 2.47. The molecule has 0 aliphatic carbocycles. The van der Waals surface area contributed by atoms with Crippen LogP contribution < -0.4 is 0 Å². The molecule has 1 atom stereocenters. The standard InChI is InChI=1S/C10H10O2S2/c1-12-9(11)10(5-3-7-14-10)8-4-2-6-13-8/h2-4,6-7H,5H2,1H3. The summed E-state index contributed by atoms with van der Waals surface area (Å²) in [6.45, 7) is 0. The lowest BCUT2D eigenvalue weighted by molar-refractivity contribution is -0.143. The van der Waals surface area contributed by atoms with Gasteiger partial charge in [-0.3, -0.25) is 4.79 Å². The number of thioether (sulfide) groups is 1. The fraction of sp³-hybridized carbons (Fsp3) is 0.300. The van der Waals surface area contributed by atoms with E-state index in [1.807, 2.05) is 29.0 Å². The average Bonchev–Trinajstić information content (AvgIpc) is 2.86. The zero-order chi connectivity index (χ0) is 10.0. The molecule has 14 heavy (non-hydrogen) atoms. The van der Waals surface area contributed by atoms with Gasteiger partial charge in [-0.2, -0.15) is 0 Å². The monoisotopic (exact) mass is 226 g/mol. The molecule has 2 heterocycles. The highest BCUT2D eigenvalue weighted by Gasteiger charge is 2.43.